The second kappa shape index (κ2) is 3.24. The van der Waals surface area contributed by atoms with Gasteiger partial charge in [0.15, 0.2) is 0 Å². The van der Waals surface area contributed by atoms with Gasteiger partial charge in [-0.05, 0) is 31.6 Å². The molecule has 2 nitrogen and oxygen atoms in total. The molecule has 2 unspecified atom stereocenters. The molecule has 1 rings (SSSR count). The number of ketones is 2. The smallest absolute Gasteiger partial charge is 0.133 e. The van der Waals surface area contributed by atoms with E-state index in [0.29, 0.717) is 12.3 Å². The maximum Gasteiger partial charge on any atom is 0.133 e. The molecular weight excluding hydrogens is 164 g/mol. The summed E-state index contributed by atoms with van der Waals surface area (Å²) in [5, 5.41) is 0. The number of carbonyl (C=O) groups excluding carboxylic acids is 2. The molecule has 0 saturated heterocycles. The van der Waals surface area contributed by atoms with Gasteiger partial charge in [-0.15, -0.1) is 0 Å². The molecule has 0 N–H and O–H groups in total. The fourth-order valence-electron chi connectivity index (χ4n) is 2.40. The summed E-state index contributed by atoms with van der Waals surface area (Å²) in [6.45, 7) is 7.46. The highest BCUT2D eigenvalue weighted by Gasteiger charge is 2.50. The van der Waals surface area contributed by atoms with Crippen LogP contribution in [0.1, 0.15) is 40.5 Å². The van der Waals surface area contributed by atoms with Crippen LogP contribution in [0.15, 0.2) is 0 Å². The zero-order valence-electron chi connectivity index (χ0n) is 8.89. The predicted octanol–water partition coefficient (Wildman–Crippen LogP) is 2.22. The molecule has 0 aliphatic heterocycles. The van der Waals surface area contributed by atoms with Crippen molar-refractivity contribution >= 4 is 11.6 Å². The monoisotopic (exact) mass is 182 g/mol. The summed E-state index contributed by atoms with van der Waals surface area (Å²) in [6, 6.07) is 0. The van der Waals surface area contributed by atoms with Crippen LogP contribution < -0.4 is 0 Å². The molecule has 0 amide bonds. The van der Waals surface area contributed by atoms with Crippen LogP contribution in [0, 0.1) is 17.3 Å². The molecule has 1 aliphatic carbocycles. The average molecular weight is 182 g/mol. The molecule has 74 valence electrons. The van der Waals surface area contributed by atoms with E-state index in [2.05, 4.69) is 13.8 Å². The Bertz CT molecular complexity index is 240. The normalized spacial score (nSPS) is 30.8. The van der Waals surface area contributed by atoms with Crippen LogP contribution in [0.4, 0.5) is 0 Å². The zero-order valence-corrected chi connectivity index (χ0v) is 8.89. The third-order valence-corrected chi connectivity index (χ3v) is 3.50. The molecule has 1 aliphatic rings. The lowest BCUT2D eigenvalue weighted by Gasteiger charge is -2.51. The van der Waals surface area contributed by atoms with E-state index in [0.717, 1.165) is 6.42 Å². The molecule has 0 aromatic carbocycles. The fourth-order valence-corrected chi connectivity index (χ4v) is 2.40. The molecule has 1 saturated carbocycles. The first-order chi connectivity index (χ1) is 5.85. The Morgan fingerprint density at radius 2 is 1.85 bits per heavy atom. The van der Waals surface area contributed by atoms with Crippen molar-refractivity contribution in [1.82, 2.24) is 0 Å². The van der Waals surface area contributed by atoms with Gasteiger partial charge < -0.3 is 4.79 Å². The first kappa shape index (κ1) is 10.4. The minimum Gasteiger partial charge on any atom is -0.300 e. The number of hydrogen-bond acceptors (Lipinski definition) is 2. The van der Waals surface area contributed by atoms with Crippen molar-refractivity contribution in [1.29, 1.82) is 0 Å². The second-order valence-electron chi connectivity index (χ2n) is 4.82. The fraction of sp³-hybridized carbons (Fsp3) is 0.818. The molecular formula is C11H18O2. The Hall–Kier alpha value is -0.660. The Balaban J connectivity index is 2.59. The van der Waals surface area contributed by atoms with Gasteiger partial charge in [0.25, 0.3) is 0 Å². The Morgan fingerprint density at radius 1 is 1.31 bits per heavy atom. The van der Waals surface area contributed by atoms with Gasteiger partial charge in [-0.2, -0.15) is 0 Å². The summed E-state index contributed by atoms with van der Waals surface area (Å²) < 4.78 is 0. The highest BCUT2D eigenvalue weighted by atomic mass is 16.1. The van der Waals surface area contributed by atoms with Crippen LogP contribution in [-0.2, 0) is 9.59 Å². The standard InChI is InChI=1S/C11H18O2/c1-7(12)5-9-6-10(8(2)13)11(9,3)4/h9-10H,5-6H2,1-4H3. The number of rotatable bonds is 3. The molecule has 0 aromatic rings. The van der Waals surface area contributed by atoms with Gasteiger partial charge in [-0.25, -0.2) is 0 Å². The maximum atomic E-state index is 11.2. The maximum absolute atomic E-state index is 11.2. The average Bonchev–Trinajstić information content (AvgIpc) is 1.96. The number of carbonyl (C=O) groups is 2. The minimum absolute atomic E-state index is 0.0392. The van der Waals surface area contributed by atoms with E-state index in [1.807, 2.05) is 0 Å². The van der Waals surface area contributed by atoms with Crippen LogP contribution in [0.3, 0.4) is 0 Å². The third-order valence-electron chi connectivity index (χ3n) is 3.50. The van der Waals surface area contributed by atoms with Crippen LogP contribution in [0.2, 0.25) is 0 Å². The lowest BCUT2D eigenvalue weighted by Crippen LogP contribution is -2.48. The quantitative estimate of drug-likeness (QED) is 0.670. The van der Waals surface area contributed by atoms with Crippen LogP contribution in [0.5, 0.6) is 0 Å². The van der Waals surface area contributed by atoms with Gasteiger partial charge in [0.1, 0.15) is 11.6 Å². The van der Waals surface area contributed by atoms with E-state index in [9.17, 15) is 9.59 Å². The molecule has 0 heterocycles. The van der Waals surface area contributed by atoms with Crippen LogP contribution >= 0.6 is 0 Å². The lowest BCUT2D eigenvalue weighted by atomic mass is 9.52. The van der Waals surface area contributed by atoms with Crippen LogP contribution in [0.25, 0.3) is 0 Å². The first-order valence-electron chi connectivity index (χ1n) is 4.85. The summed E-state index contributed by atoms with van der Waals surface area (Å²) >= 11 is 0. The van der Waals surface area contributed by atoms with Crippen molar-refractivity contribution < 1.29 is 9.59 Å². The third kappa shape index (κ3) is 1.82. The Labute approximate surface area is 79.7 Å². The minimum atomic E-state index is 0.0392. The van der Waals surface area contributed by atoms with E-state index in [4.69, 9.17) is 0 Å². The molecule has 13 heavy (non-hydrogen) atoms. The van der Waals surface area contributed by atoms with Gasteiger partial charge in [0, 0.05) is 12.3 Å². The lowest BCUT2D eigenvalue weighted by molar-refractivity contribution is -0.139. The molecule has 2 heteroatoms. The number of Topliss-reactive ketones (excluding diaryl/α,β-unsaturated/α-hetero) is 2. The van der Waals surface area contributed by atoms with Gasteiger partial charge >= 0.3 is 0 Å². The van der Waals surface area contributed by atoms with Gasteiger partial charge in [-0.1, -0.05) is 13.8 Å². The van der Waals surface area contributed by atoms with Gasteiger partial charge in [0.05, 0.1) is 0 Å². The zero-order chi connectivity index (χ0) is 10.2. The molecule has 2 atom stereocenters. The SMILES string of the molecule is CC(=O)CC1CC(C(C)=O)C1(C)C. The van der Waals surface area contributed by atoms with E-state index in [-0.39, 0.29) is 22.9 Å². The highest BCUT2D eigenvalue weighted by molar-refractivity contribution is 5.81. The molecule has 0 bridgehead atoms. The molecule has 0 radical (unpaired) electrons. The second-order valence-corrected chi connectivity index (χ2v) is 4.82. The van der Waals surface area contributed by atoms with Gasteiger partial charge in [0.2, 0.25) is 0 Å². The van der Waals surface area contributed by atoms with Crippen molar-refractivity contribution in [2.75, 3.05) is 0 Å². The molecule has 0 aromatic heterocycles. The van der Waals surface area contributed by atoms with Crippen molar-refractivity contribution in [2.45, 2.75) is 40.5 Å². The van der Waals surface area contributed by atoms with Crippen molar-refractivity contribution in [2.24, 2.45) is 17.3 Å². The number of hydrogen-bond donors (Lipinski definition) is 0. The Kier molecular flexibility index (Phi) is 2.60. The van der Waals surface area contributed by atoms with E-state index < -0.39 is 0 Å². The summed E-state index contributed by atoms with van der Waals surface area (Å²) in [5.74, 6) is 1.10. The highest BCUT2D eigenvalue weighted by Crippen LogP contribution is 2.53. The summed E-state index contributed by atoms with van der Waals surface area (Å²) in [7, 11) is 0. The van der Waals surface area contributed by atoms with Crippen molar-refractivity contribution in [3.63, 3.8) is 0 Å². The first-order valence-corrected chi connectivity index (χ1v) is 4.85. The van der Waals surface area contributed by atoms with E-state index >= 15 is 0 Å². The summed E-state index contributed by atoms with van der Waals surface area (Å²) in [4.78, 5) is 22.1. The van der Waals surface area contributed by atoms with Crippen LogP contribution in [-0.4, -0.2) is 11.6 Å². The summed E-state index contributed by atoms with van der Waals surface area (Å²) in [5.41, 5.74) is 0.0392. The largest absolute Gasteiger partial charge is 0.300 e. The topological polar surface area (TPSA) is 34.1 Å². The Morgan fingerprint density at radius 3 is 2.15 bits per heavy atom. The van der Waals surface area contributed by atoms with E-state index in [1.54, 1.807) is 13.8 Å². The van der Waals surface area contributed by atoms with Crippen molar-refractivity contribution in [3.05, 3.63) is 0 Å². The van der Waals surface area contributed by atoms with Crippen molar-refractivity contribution in [3.8, 4) is 0 Å². The summed E-state index contributed by atoms with van der Waals surface area (Å²) in [6.07, 6.45) is 1.54. The van der Waals surface area contributed by atoms with E-state index in [1.165, 1.54) is 0 Å². The van der Waals surface area contributed by atoms with Gasteiger partial charge in [-0.3, -0.25) is 4.79 Å². The predicted molar refractivity (Wildman–Crippen MR) is 51.4 cm³/mol. The molecule has 1 fully saturated rings. The molecule has 0 spiro atoms.